The van der Waals surface area contributed by atoms with E-state index in [4.69, 9.17) is 0 Å². The van der Waals surface area contributed by atoms with Crippen LogP contribution in [0.25, 0.3) is 0 Å². The Balaban J connectivity index is 1.90. The van der Waals surface area contributed by atoms with Crippen molar-refractivity contribution in [1.82, 2.24) is 0 Å². The van der Waals surface area contributed by atoms with E-state index in [2.05, 4.69) is 10.6 Å². The summed E-state index contributed by atoms with van der Waals surface area (Å²) < 4.78 is 0. The van der Waals surface area contributed by atoms with Gasteiger partial charge in [-0.15, -0.1) is 0 Å². The molecule has 0 aliphatic carbocycles. The van der Waals surface area contributed by atoms with E-state index in [-0.39, 0.29) is 22.3 Å². The summed E-state index contributed by atoms with van der Waals surface area (Å²) in [6.07, 6.45) is 0. The van der Waals surface area contributed by atoms with E-state index in [9.17, 15) is 9.59 Å². The van der Waals surface area contributed by atoms with Crippen LogP contribution in [0.2, 0.25) is 0 Å². The highest BCUT2D eigenvalue weighted by Crippen LogP contribution is 2.33. The summed E-state index contributed by atoms with van der Waals surface area (Å²) in [4.78, 5) is 25.1. The number of carbonyl (C=O) groups is 2. The molecular weight excluding hydrogens is 388 g/mol. The predicted octanol–water partition coefficient (Wildman–Crippen LogP) is 5.66. The van der Waals surface area contributed by atoms with Crippen molar-refractivity contribution in [2.75, 3.05) is 10.6 Å². The lowest BCUT2D eigenvalue weighted by Gasteiger charge is -2.18. The number of nitrogens with one attached hydrogen (secondary N) is 2. The highest BCUT2D eigenvalue weighted by molar-refractivity contribution is 8.77. The first-order valence-electron chi connectivity index (χ1n) is 9.27. The van der Waals surface area contributed by atoms with E-state index in [0.29, 0.717) is 0 Å². The Morgan fingerprint density at radius 2 is 0.964 bits per heavy atom. The quantitative estimate of drug-likeness (QED) is 0.572. The zero-order valence-electron chi connectivity index (χ0n) is 17.3. The molecule has 0 saturated heterocycles. The minimum absolute atomic E-state index is 0.0581. The van der Waals surface area contributed by atoms with Gasteiger partial charge in [-0.05, 0) is 63.8 Å². The van der Waals surface area contributed by atoms with Crippen molar-refractivity contribution in [2.45, 2.75) is 52.0 Å². The van der Waals surface area contributed by atoms with E-state index >= 15 is 0 Å². The van der Waals surface area contributed by atoms with Gasteiger partial charge in [0.1, 0.15) is 0 Å². The van der Waals surface area contributed by atoms with Crippen molar-refractivity contribution in [1.29, 1.82) is 0 Å². The average molecular weight is 417 g/mol. The molecule has 2 amide bonds. The molecule has 4 nitrogen and oxygen atoms in total. The third kappa shape index (κ3) is 5.79. The van der Waals surface area contributed by atoms with Gasteiger partial charge in [0.05, 0.1) is 10.5 Å². The largest absolute Gasteiger partial charge is 0.325 e. The highest BCUT2D eigenvalue weighted by Gasteiger charge is 2.21. The second kappa shape index (κ2) is 10.0. The molecule has 0 radical (unpaired) electrons. The molecule has 0 aromatic heterocycles. The fourth-order valence-corrected chi connectivity index (χ4v) is 4.88. The Morgan fingerprint density at radius 1 is 0.679 bits per heavy atom. The van der Waals surface area contributed by atoms with Crippen LogP contribution in [0.15, 0.2) is 36.4 Å². The Bertz CT molecular complexity index is 756. The number of carbonyl (C=O) groups excluding carboxylic acids is 2. The van der Waals surface area contributed by atoms with Gasteiger partial charge in [0.2, 0.25) is 11.8 Å². The first-order valence-corrected chi connectivity index (χ1v) is 11.5. The fraction of sp³-hybridized carbons (Fsp3) is 0.364. The van der Waals surface area contributed by atoms with Gasteiger partial charge in [-0.1, -0.05) is 58.0 Å². The molecule has 2 aromatic carbocycles. The molecule has 0 aliphatic rings. The summed E-state index contributed by atoms with van der Waals surface area (Å²) in [6.45, 7) is 11.6. The van der Waals surface area contributed by atoms with Gasteiger partial charge in [-0.25, -0.2) is 0 Å². The van der Waals surface area contributed by atoms with Gasteiger partial charge in [-0.2, -0.15) is 0 Å². The summed E-state index contributed by atoms with van der Waals surface area (Å²) >= 11 is 0. The standard InChI is InChI=1S/C22H28N2O2S2/c1-13-9-7-10-14(2)19(13)23-21(25)17(5)27-28-18(6)22(26)24-20-15(3)11-8-12-16(20)4/h7-12,17-18H,1-6H3,(H,23,25)(H,24,26). The number of benzene rings is 2. The van der Waals surface area contributed by atoms with Gasteiger partial charge in [0.25, 0.3) is 0 Å². The van der Waals surface area contributed by atoms with Crippen LogP contribution in [0.4, 0.5) is 11.4 Å². The monoisotopic (exact) mass is 416 g/mol. The summed E-state index contributed by atoms with van der Waals surface area (Å²) in [5.41, 5.74) is 5.90. The number of hydrogen-bond donors (Lipinski definition) is 2. The molecular formula is C22H28N2O2S2. The molecule has 0 saturated carbocycles. The van der Waals surface area contributed by atoms with Crippen LogP contribution in [0.3, 0.4) is 0 Å². The summed E-state index contributed by atoms with van der Waals surface area (Å²) in [7, 11) is 2.83. The van der Waals surface area contributed by atoms with Crippen molar-refractivity contribution in [3.05, 3.63) is 58.7 Å². The van der Waals surface area contributed by atoms with Crippen molar-refractivity contribution in [3.63, 3.8) is 0 Å². The first kappa shape index (κ1) is 22.4. The van der Waals surface area contributed by atoms with Crippen molar-refractivity contribution >= 4 is 44.8 Å². The van der Waals surface area contributed by atoms with Crippen molar-refractivity contribution in [2.24, 2.45) is 0 Å². The molecule has 2 unspecified atom stereocenters. The van der Waals surface area contributed by atoms with Gasteiger partial charge in [0.15, 0.2) is 0 Å². The van der Waals surface area contributed by atoms with Crippen LogP contribution in [0.5, 0.6) is 0 Å². The molecule has 2 N–H and O–H groups in total. The van der Waals surface area contributed by atoms with Crippen LogP contribution in [-0.2, 0) is 9.59 Å². The molecule has 0 bridgehead atoms. The smallest absolute Gasteiger partial charge is 0.238 e. The second-order valence-corrected chi connectivity index (χ2v) is 9.94. The number of rotatable bonds is 7. The molecule has 6 heteroatoms. The maximum atomic E-state index is 12.5. The molecule has 0 fully saturated rings. The SMILES string of the molecule is Cc1cccc(C)c1NC(=O)C(C)SSC(C)C(=O)Nc1c(C)cccc1C. The van der Waals surface area contributed by atoms with E-state index in [1.54, 1.807) is 0 Å². The molecule has 2 atom stereocenters. The van der Waals surface area contributed by atoms with Gasteiger partial charge in [0, 0.05) is 11.4 Å². The van der Waals surface area contributed by atoms with Gasteiger partial charge < -0.3 is 10.6 Å². The summed E-state index contributed by atoms with van der Waals surface area (Å²) in [5, 5.41) is 5.47. The van der Waals surface area contributed by atoms with Crippen LogP contribution in [0, 0.1) is 27.7 Å². The molecule has 2 rings (SSSR count). The van der Waals surface area contributed by atoms with E-state index in [1.807, 2.05) is 77.9 Å². The molecule has 0 heterocycles. The van der Waals surface area contributed by atoms with Gasteiger partial charge >= 0.3 is 0 Å². The number of aryl methyl sites for hydroxylation is 4. The van der Waals surface area contributed by atoms with Gasteiger partial charge in [-0.3, -0.25) is 9.59 Å². The number of amides is 2. The van der Waals surface area contributed by atoms with Crippen LogP contribution < -0.4 is 10.6 Å². The predicted molar refractivity (Wildman–Crippen MR) is 123 cm³/mol. The average Bonchev–Trinajstić information content (AvgIpc) is 2.65. The van der Waals surface area contributed by atoms with Crippen LogP contribution >= 0.6 is 21.6 Å². The lowest BCUT2D eigenvalue weighted by Crippen LogP contribution is -2.25. The minimum Gasteiger partial charge on any atom is -0.325 e. The topological polar surface area (TPSA) is 58.2 Å². The minimum atomic E-state index is -0.278. The third-order valence-corrected chi connectivity index (χ3v) is 7.72. The lowest BCUT2D eigenvalue weighted by atomic mass is 10.1. The highest BCUT2D eigenvalue weighted by atomic mass is 33.1. The Kier molecular flexibility index (Phi) is 8.01. The first-order chi connectivity index (χ1) is 13.2. The summed E-state index contributed by atoms with van der Waals surface area (Å²) in [5.74, 6) is -0.116. The summed E-state index contributed by atoms with van der Waals surface area (Å²) in [6, 6.07) is 11.9. The van der Waals surface area contributed by atoms with Crippen LogP contribution in [-0.4, -0.2) is 22.3 Å². The Morgan fingerprint density at radius 3 is 1.25 bits per heavy atom. The molecule has 28 heavy (non-hydrogen) atoms. The third-order valence-electron chi connectivity index (χ3n) is 4.54. The zero-order chi connectivity index (χ0) is 20.8. The molecule has 0 spiro atoms. The normalized spacial score (nSPS) is 12.9. The van der Waals surface area contributed by atoms with E-state index < -0.39 is 0 Å². The maximum absolute atomic E-state index is 12.5. The number of hydrogen-bond acceptors (Lipinski definition) is 4. The lowest BCUT2D eigenvalue weighted by molar-refractivity contribution is -0.116. The van der Waals surface area contributed by atoms with E-state index in [0.717, 1.165) is 33.6 Å². The Hall–Kier alpha value is -1.92. The zero-order valence-corrected chi connectivity index (χ0v) is 18.9. The maximum Gasteiger partial charge on any atom is 0.238 e. The molecule has 150 valence electrons. The Labute approximate surface area is 175 Å². The van der Waals surface area contributed by atoms with Crippen molar-refractivity contribution < 1.29 is 9.59 Å². The number of para-hydroxylation sites is 2. The molecule has 0 aliphatic heterocycles. The van der Waals surface area contributed by atoms with E-state index in [1.165, 1.54) is 21.6 Å². The van der Waals surface area contributed by atoms with Crippen molar-refractivity contribution in [3.8, 4) is 0 Å². The van der Waals surface area contributed by atoms with Crippen LogP contribution in [0.1, 0.15) is 36.1 Å². The second-order valence-electron chi connectivity index (χ2n) is 6.99. The number of anilines is 2. The molecule has 2 aromatic rings. The fourth-order valence-electron chi connectivity index (χ4n) is 2.73.